The molecule has 0 spiro atoms. The second-order valence-electron chi connectivity index (χ2n) is 4.44. The summed E-state index contributed by atoms with van der Waals surface area (Å²) in [6.07, 6.45) is 1.10. The molecule has 3 heteroatoms. The number of hydrogen-bond donors (Lipinski definition) is 0. The van der Waals surface area contributed by atoms with Gasteiger partial charge in [-0.05, 0) is 43.7 Å². The van der Waals surface area contributed by atoms with Gasteiger partial charge in [-0.15, -0.1) is 0 Å². The minimum atomic E-state index is 0.365. The molecule has 3 rings (SSSR count). The lowest BCUT2D eigenvalue weighted by Gasteiger charge is -2.31. The summed E-state index contributed by atoms with van der Waals surface area (Å²) in [5, 5.41) is 0. The number of fused-ring (bicyclic) bond motifs is 2. The molecular weight excluding hydrogens is 190 g/mol. The molecule has 0 fully saturated rings. The van der Waals surface area contributed by atoms with Crippen molar-refractivity contribution in [3.8, 4) is 11.5 Å². The number of ether oxygens (including phenoxy) is 2. The highest BCUT2D eigenvalue weighted by molar-refractivity contribution is 5.49. The van der Waals surface area contributed by atoms with Gasteiger partial charge in [0.1, 0.15) is 0 Å². The summed E-state index contributed by atoms with van der Waals surface area (Å²) in [4.78, 5) is 2.37. The highest BCUT2D eigenvalue weighted by atomic mass is 16.7. The zero-order chi connectivity index (χ0) is 10.4. The van der Waals surface area contributed by atoms with Crippen molar-refractivity contribution in [2.45, 2.75) is 25.9 Å². The topological polar surface area (TPSA) is 21.7 Å². The largest absolute Gasteiger partial charge is 0.454 e. The zero-order valence-corrected chi connectivity index (χ0v) is 9.12. The molecule has 0 bridgehead atoms. The first-order chi connectivity index (χ1) is 7.24. The van der Waals surface area contributed by atoms with Crippen LogP contribution in [0.5, 0.6) is 11.5 Å². The van der Waals surface area contributed by atoms with E-state index in [1.165, 1.54) is 11.1 Å². The van der Waals surface area contributed by atoms with Gasteiger partial charge in [-0.1, -0.05) is 0 Å². The molecule has 1 aromatic carbocycles. The molecule has 2 heterocycles. The molecule has 0 N–H and O–H groups in total. The molecule has 2 aliphatic rings. The number of nitrogens with zero attached hydrogens (tertiary/aromatic N) is 1. The highest BCUT2D eigenvalue weighted by Gasteiger charge is 2.24. The highest BCUT2D eigenvalue weighted by Crippen LogP contribution is 2.37. The van der Waals surface area contributed by atoms with Gasteiger partial charge in [0.2, 0.25) is 6.79 Å². The summed E-state index contributed by atoms with van der Waals surface area (Å²) in [5.41, 5.74) is 2.78. The van der Waals surface area contributed by atoms with Gasteiger partial charge in [0.05, 0.1) is 0 Å². The Kier molecular flexibility index (Phi) is 1.89. The molecule has 0 amide bonds. The minimum Gasteiger partial charge on any atom is -0.454 e. The van der Waals surface area contributed by atoms with E-state index in [-0.39, 0.29) is 0 Å². The van der Waals surface area contributed by atoms with Crippen LogP contribution in [0.4, 0.5) is 0 Å². The Morgan fingerprint density at radius 3 is 2.60 bits per heavy atom. The lowest BCUT2D eigenvalue weighted by Crippen LogP contribution is -2.34. The van der Waals surface area contributed by atoms with Crippen LogP contribution in [0, 0.1) is 0 Å². The van der Waals surface area contributed by atoms with E-state index in [9.17, 15) is 0 Å². The Bertz CT molecular complexity index is 366. The minimum absolute atomic E-state index is 0.365. The number of rotatable bonds is 0. The average Bonchev–Trinajstić information content (AvgIpc) is 2.63. The fourth-order valence-corrected chi connectivity index (χ4v) is 2.26. The van der Waals surface area contributed by atoms with Crippen LogP contribution in [-0.2, 0) is 13.0 Å². The maximum Gasteiger partial charge on any atom is 0.231 e. The third kappa shape index (κ3) is 1.38. The van der Waals surface area contributed by atoms with E-state index in [1.807, 2.05) is 0 Å². The second kappa shape index (κ2) is 3.14. The number of hydrogen-bond acceptors (Lipinski definition) is 3. The first-order valence-electron chi connectivity index (χ1n) is 5.35. The Morgan fingerprint density at radius 2 is 1.87 bits per heavy atom. The third-order valence-electron chi connectivity index (χ3n) is 3.38. The molecule has 1 atom stereocenters. The SMILES string of the molecule is C[C@H]1Cc2cc3c(cc2CN1C)OCO3. The Morgan fingerprint density at radius 1 is 1.20 bits per heavy atom. The summed E-state index contributed by atoms with van der Waals surface area (Å²) >= 11 is 0. The summed E-state index contributed by atoms with van der Waals surface area (Å²) < 4.78 is 10.8. The molecular formula is C12H15NO2. The van der Waals surface area contributed by atoms with Crippen molar-refractivity contribution >= 4 is 0 Å². The molecule has 80 valence electrons. The predicted molar refractivity (Wildman–Crippen MR) is 57.2 cm³/mol. The molecule has 0 saturated heterocycles. The first-order valence-corrected chi connectivity index (χ1v) is 5.35. The molecule has 1 aromatic rings. The van der Waals surface area contributed by atoms with Crippen molar-refractivity contribution in [1.82, 2.24) is 4.90 Å². The molecule has 15 heavy (non-hydrogen) atoms. The van der Waals surface area contributed by atoms with Crippen molar-refractivity contribution in [2.24, 2.45) is 0 Å². The molecule has 0 unspecified atom stereocenters. The lowest BCUT2D eigenvalue weighted by molar-refractivity contribution is 0.174. The molecule has 0 aliphatic carbocycles. The van der Waals surface area contributed by atoms with Crippen molar-refractivity contribution in [3.05, 3.63) is 23.3 Å². The van der Waals surface area contributed by atoms with Crippen LogP contribution >= 0.6 is 0 Å². The average molecular weight is 205 g/mol. The van der Waals surface area contributed by atoms with Gasteiger partial charge < -0.3 is 9.47 Å². The van der Waals surface area contributed by atoms with Gasteiger partial charge >= 0.3 is 0 Å². The predicted octanol–water partition coefficient (Wildman–Crippen LogP) is 1.79. The quantitative estimate of drug-likeness (QED) is 0.644. The Hall–Kier alpha value is -1.22. The van der Waals surface area contributed by atoms with Crippen molar-refractivity contribution < 1.29 is 9.47 Å². The molecule has 0 aromatic heterocycles. The lowest BCUT2D eigenvalue weighted by atomic mass is 9.95. The van der Waals surface area contributed by atoms with Crippen LogP contribution in [0.1, 0.15) is 18.1 Å². The van der Waals surface area contributed by atoms with Crippen LogP contribution in [0.3, 0.4) is 0 Å². The van der Waals surface area contributed by atoms with Crippen LogP contribution in [-0.4, -0.2) is 24.8 Å². The zero-order valence-electron chi connectivity index (χ0n) is 9.12. The first kappa shape index (κ1) is 9.04. The van der Waals surface area contributed by atoms with Gasteiger partial charge in [0, 0.05) is 12.6 Å². The van der Waals surface area contributed by atoms with Gasteiger partial charge in [-0.2, -0.15) is 0 Å². The van der Waals surface area contributed by atoms with E-state index < -0.39 is 0 Å². The fourth-order valence-electron chi connectivity index (χ4n) is 2.26. The van der Waals surface area contributed by atoms with E-state index in [0.717, 1.165) is 24.5 Å². The summed E-state index contributed by atoms with van der Waals surface area (Å²) in [7, 11) is 2.16. The maximum atomic E-state index is 5.39. The van der Waals surface area contributed by atoms with Crippen LogP contribution in [0.2, 0.25) is 0 Å². The van der Waals surface area contributed by atoms with Crippen LogP contribution in [0.25, 0.3) is 0 Å². The van der Waals surface area contributed by atoms with E-state index >= 15 is 0 Å². The summed E-state index contributed by atoms with van der Waals surface area (Å²) in [5.74, 6) is 1.81. The molecule has 2 aliphatic heterocycles. The molecule has 0 radical (unpaired) electrons. The number of likely N-dealkylation sites (N-methyl/N-ethyl adjacent to an activating group) is 1. The van der Waals surface area contributed by atoms with E-state index in [2.05, 4.69) is 31.0 Å². The standard InChI is InChI=1S/C12H15NO2/c1-8-3-9-4-11-12(15-7-14-11)5-10(9)6-13(8)2/h4-5,8H,3,6-7H2,1-2H3/t8-/m0/s1. The van der Waals surface area contributed by atoms with Crippen LogP contribution in [0.15, 0.2) is 12.1 Å². The fraction of sp³-hybridized carbons (Fsp3) is 0.500. The van der Waals surface area contributed by atoms with Crippen molar-refractivity contribution in [3.63, 3.8) is 0 Å². The summed E-state index contributed by atoms with van der Waals surface area (Å²) in [6, 6.07) is 4.87. The van der Waals surface area contributed by atoms with E-state index in [1.54, 1.807) is 0 Å². The van der Waals surface area contributed by atoms with Gasteiger partial charge in [0.25, 0.3) is 0 Å². The third-order valence-corrected chi connectivity index (χ3v) is 3.38. The molecule has 3 nitrogen and oxygen atoms in total. The monoisotopic (exact) mass is 205 g/mol. The summed E-state index contributed by atoms with van der Waals surface area (Å²) in [6.45, 7) is 3.63. The van der Waals surface area contributed by atoms with Gasteiger partial charge in [-0.3, -0.25) is 4.90 Å². The van der Waals surface area contributed by atoms with E-state index in [4.69, 9.17) is 9.47 Å². The Labute approximate surface area is 89.6 Å². The normalized spacial score (nSPS) is 24.0. The maximum absolute atomic E-state index is 5.39. The number of benzene rings is 1. The van der Waals surface area contributed by atoms with Crippen LogP contribution < -0.4 is 9.47 Å². The molecule has 0 saturated carbocycles. The Balaban J connectivity index is 2.04. The smallest absolute Gasteiger partial charge is 0.231 e. The van der Waals surface area contributed by atoms with Gasteiger partial charge in [-0.25, -0.2) is 0 Å². The van der Waals surface area contributed by atoms with E-state index in [0.29, 0.717) is 12.8 Å². The second-order valence-corrected chi connectivity index (χ2v) is 4.44. The van der Waals surface area contributed by atoms with Crippen molar-refractivity contribution in [2.75, 3.05) is 13.8 Å². The van der Waals surface area contributed by atoms with Crippen molar-refractivity contribution in [1.29, 1.82) is 0 Å². The van der Waals surface area contributed by atoms with Gasteiger partial charge in [0.15, 0.2) is 11.5 Å².